The van der Waals surface area contributed by atoms with E-state index in [1.165, 1.54) is 7.11 Å². The summed E-state index contributed by atoms with van der Waals surface area (Å²) in [5.41, 5.74) is 3.81. The van der Waals surface area contributed by atoms with E-state index in [9.17, 15) is 9.59 Å². The van der Waals surface area contributed by atoms with Gasteiger partial charge in [0.15, 0.2) is 11.5 Å². The fourth-order valence-electron chi connectivity index (χ4n) is 4.44. The number of imidazole rings is 1. The molecule has 2 aromatic heterocycles. The van der Waals surface area contributed by atoms with Gasteiger partial charge in [0.2, 0.25) is 0 Å². The van der Waals surface area contributed by atoms with Crippen molar-refractivity contribution in [2.75, 3.05) is 14.2 Å². The first-order chi connectivity index (χ1) is 19.5. The maximum absolute atomic E-state index is 13.2. The Hall–Kier alpha value is -5.05. The number of aromatic nitrogens is 3. The lowest BCUT2D eigenvalue weighted by atomic mass is 10.1. The number of aromatic amines is 1. The molecule has 0 bridgehead atoms. The normalized spacial score (nSPS) is 11.7. The Balaban J connectivity index is 1.29. The van der Waals surface area contributed by atoms with E-state index in [2.05, 4.69) is 15.3 Å². The third-order valence-corrected chi connectivity index (χ3v) is 6.49. The average molecular weight is 539 g/mol. The summed E-state index contributed by atoms with van der Waals surface area (Å²) in [5.74, 6) is 0.0977. The molecule has 2 heterocycles. The van der Waals surface area contributed by atoms with Gasteiger partial charge in [-0.15, -0.1) is 0 Å². The van der Waals surface area contributed by atoms with E-state index in [0.717, 1.165) is 16.5 Å². The maximum atomic E-state index is 13.2. The standard InChI is InChI=1S/C31H30N4O5/c1-38-28-14-23-13-26(33-25(23)16-29(28)40-19-22-11-7-4-8-12-22)30(36)34-27(31(37)39-2)15-24-18-35(20-32-24)17-21-9-5-3-6-10-21/h3-14,16,18,20,27,33H,15,17,19H2,1-2H3,(H,34,36)/t27-/m0/s1. The number of hydrogen-bond acceptors (Lipinski definition) is 6. The summed E-state index contributed by atoms with van der Waals surface area (Å²) >= 11 is 0. The Morgan fingerprint density at radius 3 is 2.38 bits per heavy atom. The van der Waals surface area contributed by atoms with Crippen molar-refractivity contribution >= 4 is 22.8 Å². The van der Waals surface area contributed by atoms with Gasteiger partial charge in [-0.1, -0.05) is 60.7 Å². The molecule has 0 saturated heterocycles. The third-order valence-electron chi connectivity index (χ3n) is 6.49. The molecule has 0 unspecified atom stereocenters. The highest BCUT2D eigenvalue weighted by molar-refractivity contribution is 6.00. The minimum atomic E-state index is -0.914. The molecule has 5 aromatic rings. The van der Waals surface area contributed by atoms with Crippen LogP contribution >= 0.6 is 0 Å². The predicted octanol–water partition coefficient (Wildman–Crippen LogP) is 4.51. The first-order valence-corrected chi connectivity index (χ1v) is 12.8. The van der Waals surface area contributed by atoms with Crippen molar-refractivity contribution in [3.05, 3.63) is 114 Å². The van der Waals surface area contributed by atoms with Crippen LogP contribution in [0.5, 0.6) is 11.5 Å². The summed E-state index contributed by atoms with van der Waals surface area (Å²) in [4.78, 5) is 33.3. The van der Waals surface area contributed by atoms with Crippen molar-refractivity contribution in [2.45, 2.75) is 25.6 Å². The number of ether oxygens (including phenoxy) is 3. The summed E-state index contributed by atoms with van der Waals surface area (Å²) in [6.45, 7) is 1.03. The maximum Gasteiger partial charge on any atom is 0.328 e. The molecular formula is C31H30N4O5. The lowest BCUT2D eigenvalue weighted by Gasteiger charge is -2.15. The largest absolute Gasteiger partial charge is 0.493 e. The molecule has 9 heteroatoms. The molecule has 0 radical (unpaired) electrons. The van der Waals surface area contributed by atoms with Gasteiger partial charge in [0.1, 0.15) is 18.3 Å². The van der Waals surface area contributed by atoms with Gasteiger partial charge in [-0.3, -0.25) is 4.79 Å². The minimum Gasteiger partial charge on any atom is -0.493 e. The van der Waals surface area contributed by atoms with Gasteiger partial charge in [0, 0.05) is 36.1 Å². The van der Waals surface area contributed by atoms with Gasteiger partial charge in [-0.05, 0) is 23.3 Å². The number of amides is 1. The zero-order valence-corrected chi connectivity index (χ0v) is 22.3. The highest BCUT2D eigenvalue weighted by atomic mass is 16.5. The topological polar surface area (TPSA) is 107 Å². The first-order valence-electron chi connectivity index (χ1n) is 12.8. The molecule has 204 valence electrons. The molecule has 1 amide bonds. The number of benzene rings is 3. The Kier molecular flexibility index (Phi) is 8.10. The van der Waals surface area contributed by atoms with Crippen LogP contribution in [0.2, 0.25) is 0 Å². The molecule has 2 N–H and O–H groups in total. The zero-order valence-electron chi connectivity index (χ0n) is 22.3. The monoisotopic (exact) mass is 538 g/mol. The van der Waals surface area contributed by atoms with Crippen LogP contribution in [0.1, 0.15) is 27.3 Å². The van der Waals surface area contributed by atoms with Crippen LogP contribution in [0, 0.1) is 0 Å². The van der Waals surface area contributed by atoms with Gasteiger partial charge in [-0.2, -0.15) is 0 Å². The summed E-state index contributed by atoms with van der Waals surface area (Å²) in [7, 11) is 2.86. The summed E-state index contributed by atoms with van der Waals surface area (Å²) in [5, 5.41) is 3.55. The predicted molar refractivity (Wildman–Crippen MR) is 150 cm³/mol. The molecule has 0 aliphatic rings. The Bertz CT molecular complexity index is 1590. The van der Waals surface area contributed by atoms with Crippen LogP contribution in [0.4, 0.5) is 0 Å². The van der Waals surface area contributed by atoms with Crippen molar-refractivity contribution < 1.29 is 23.8 Å². The zero-order chi connectivity index (χ0) is 27.9. The second-order valence-corrected chi connectivity index (χ2v) is 9.32. The molecule has 0 aliphatic carbocycles. The number of fused-ring (bicyclic) bond motifs is 1. The van der Waals surface area contributed by atoms with E-state index in [1.807, 2.05) is 71.4 Å². The van der Waals surface area contributed by atoms with Crippen LogP contribution in [-0.4, -0.2) is 46.7 Å². The van der Waals surface area contributed by atoms with E-state index < -0.39 is 17.9 Å². The average Bonchev–Trinajstić information content (AvgIpc) is 3.62. The van der Waals surface area contributed by atoms with Crippen LogP contribution < -0.4 is 14.8 Å². The van der Waals surface area contributed by atoms with Crippen molar-refractivity contribution in [1.82, 2.24) is 19.9 Å². The quantitative estimate of drug-likeness (QED) is 0.240. The number of hydrogen-bond donors (Lipinski definition) is 2. The van der Waals surface area contributed by atoms with Crippen LogP contribution in [0.3, 0.4) is 0 Å². The smallest absolute Gasteiger partial charge is 0.328 e. The number of nitrogens with zero attached hydrogens (tertiary/aromatic N) is 2. The van der Waals surface area contributed by atoms with Crippen LogP contribution in [-0.2, 0) is 29.1 Å². The van der Waals surface area contributed by atoms with E-state index in [4.69, 9.17) is 14.2 Å². The SMILES string of the molecule is COC(=O)[C@H](Cc1cn(Cc2ccccc2)cn1)NC(=O)c1cc2cc(OC)c(OCc3ccccc3)cc2[nH]1. The number of carbonyl (C=O) groups excluding carboxylic acids is 2. The molecule has 0 saturated carbocycles. The number of esters is 1. The molecule has 0 fully saturated rings. The first kappa shape index (κ1) is 26.6. The molecule has 0 aliphatic heterocycles. The van der Waals surface area contributed by atoms with E-state index >= 15 is 0 Å². The number of H-pyrrole nitrogens is 1. The van der Waals surface area contributed by atoms with Gasteiger partial charge in [-0.25, -0.2) is 9.78 Å². The van der Waals surface area contributed by atoms with Crippen LogP contribution in [0.15, 0.2) is 91.4 Å². The molecule has 3 aromatic carbocycles. The Labute approximate surface area is 231 Å². The van der Waals surface area contributed by atoms with Gasteiger partial charge >= 0.3 is 5.97 Å². The minimum absolute atomic E-state index is 0.186. The van der Waals surface area contributed by atoms with E-state index in [1.54, 1.807) is 31.6 Å². The summed E-state index contributed by atoms with van der Waals surface area (Å²) < 4.78 is 18.4. The fourth-order valence-corrected chi connectivity index (χ4v) is 4.44. The van der Waals surface area contributed by atoms with Crippen molar-refractivity contribution in [1.29, 1.82) is 0 Å². The number of nitrogens with one attached hydrogen (secondary N) is 2. The second-order valence-electron chi connectivity index (χ2n) is 9.32. The fraction of sp³-hybridized carbons (Fsp3) is 0.194. The Morgan fingerprint density at radius 2 is 1.68 bits per heavy atom. The molecule has 5 rings (SSSR count). The van der Waals surface area contributed by atoms with Gasteiger partial charge < -0.3 is 29.1 Å². The molecule has 0 spiro atoms. The van der Waals surface area contributed by atoms with Crippen molar-refractivity contribution in [3.8, 4) is 11.5 Å². The summed E-state index contributed by atoms with van der Waals surface area (Å²) in [6.07, 6.45) is 3.76. The molecule has 40 heavy (non-hydrogen) atoms. The lowest BCUT2D eigenvalue weighted by Crippen LogP contribution is -2.43. The lowest BCUT2D eigenvalue weighted by molar-refractivity contribution is -0.142. The van der Waals surface area contributed by atoms with Gasteiger partial charge in [0.25, 0.3) is 5.91 Å². The number of carbonyl (C=O) groups is 2. The van der Waals surface area contributed by atoms with Gasteiger partial charge in [0.05, 0.1) is 26.2 Å². The van der Waals surface area contributed by atoms with Crippen molar-refractivity contribution in [2.24, 2.45) is 0 Å². The third kappa shape index (κ3) is 6.32. The molecular weight excluding hydrogens is 508 g/mol. The number of rotatable bonds is 11. The molecule has 1 atom stereocenters. The van der Waals surface area contributed by atoms with Crippen LogP contribution in [0.25, 0.3) is 10.9 Å². The second kappa shape index (κ2) is 12.2. The van der Waals surface area contributed by atoms with E-state index in [0.29, 0.717) is 41.6 Å². The van der Waals surface area contributed by atoms with Crippen molar-refractivity contribution in [3.63, 3.8) is 0 Å². The van der Waals surface area contributed by atoms with E-state index in [-0.39, 0.29) is 6.42 Å². The number of methoxy groups -OCH3 is 2. The highest BCUT2D eigenvalue weighted by Gasteiger charge is 2.25. The molecule has 9 nitrogen and oxygen atoms in total. The highest BCUT2D eigenvalue weighted by Crippen LogP contribution is 2.33. The Morgan fingerprint density at radius 1 is 0.950 bits per heavy atom. The summed E-state index contributed by atoms with van der Waals surface area (Å²) in [6, 6.07) is 24.2.